The Morgan fingerprint density at radius 1 is 1.69 bits per heavy atom. The number of carbonyl (C=O) groups is 1. The number of nitrogens with two attached hydrogens (primary N) is 1. The smallest absolute Gasteiger partial charge is 0.284 e. The van der Waals surface area contributed by atoms with Gasteiger partial charge in [-0.2, -0.15) is 0 Å². The maximum Gasteiger partial charge on any atom is 0.284 e. The SMILES string of the molecule is NC(=O)c1nccn([C@@H]2OCC[C@H]2O)c1=O. The summed E-state index contributed by atoms with van der Waals surface area (Å²) >= 11 is 0. The van der Waals surface area contributed by atoms with Crippen molar-refractivity contribution in [3.05, 3.63) is 28.4 Å². The number of amides is 1. The fourth-order valence-corrected chi connectivity index (χ4v) is 1.62. The van der Waals surface area contributed by atoms with E-state index in [4.69, 9.17) is 10.5 Å². The summed E-state index contributed by atoms with van der Waals surface area (Å²) < 4.78 is 6.33. The molecule has 0 aromatic carbocycles. The minimum absolute atomic E-state index is 0.356. The molecule has 0 bridgehead atoms. The van der Waals surface area contributed by atoms with E-state index in [1.54, 1.807) is 0 Å². The molecule has 0 spiro atoms. The molecule has 7 heteroatoms. The van der Waals surface area contributed by atoms with Crippen LogP contribution >= 0.6 is 0 Å². The van der Waals surface area contributed by atoms with Gasteiger partial charge in [-0.3, -0.25) is 14.2 Å². The second kappa shape index (κ2) is 4.03. The monoisotopic (exact) mass is 225 g/mol. The zero-order valence-electron chi connectivity index (χ0n) is 8.37. The molecule has 1 aliphatic rings. The van der Waals surface area contributed by atoms with Gasteiger partial charge in [-0.05, 0) is 0 Å². The number of aromatic nitrogens is 2. The summed E-state index contributed by atoms with van der Waals surface area (Å²) in [5.41, 5.74) is 3.99. The minimum atomic E-state index is -0.896. The average Bonchev–Trinajstić information content (AvgIpc) is 2.64. The number of nitrogens with zero attached hydrogens (tertiary/aromatic N) is 2. The Morgan fingerprint density at radius 3 is 3.00 bits per heavy atom. The van der Waals surface area contributed by atoms with Crippen LogP contribution in [0.25, 0.3) is 0 Å². The van der Waals surface area contributed by atoms with Gasteiger partial charge in [0, 0.05) is 18.8 Å². The van der Waals surface area contributed by atoms with Crippen LogP contribution in [-0.4, -0.2) is 33.3 Å². The van der Waals surface area contributed by atoms with Crippen molar-refractivity contribution in [1.82, 2.24) is 9.55 Å². The fourth-order valence-electron chi connectivity index (χ4n) is 1.62. The quantitative estimate of drug-likeness (QED) is 0.645. The van der Waals surface area contributed by atoms with Crippen LogP contribution in [0, 0.1) is 0 Å². The number of carbonyl (C=O) groups excluding carboxylic acids is 1. The molecule has 2 atom stereocenters. The molecule has 2 rings (SSSR count). The van der Waals surface area contributed by atoms with Crippen molar-refractivity contribution < 1.29 is 14.6 Å². The lowest BCUT2D eigenvalue weighted by Crippen LogP contribution is -2.35. The fraction of sp³-hybridized carbons (Fsp3) is 0.444. The van der Waals surface area contributed by atoms with Gasteiger partial charge in [0.1, 0.15) is 6.10 Å². The molecular weight excluding hydrogens is 214 g/mol. The van der Waals surface area contributed by atoms with E-state index in [2.05, 4.69) is 4.98 Å². The molecule has 2 heterocycles. The van der Waals surface area contributed by atoms with Crippen LogP contribution in [0.5, 0.6) is 0 Å². The molecule has 1 aliphatic heterocycles. The summed E-state index contributed by atoms with van der Waals surface area (Å²) in [6.07, 6.45) is 1.55. The Morgan fingerprint density at radius 2 is 2.44 bits per heavy atom. The molecule has 0 saturated carbocycles. The number of primary amides is 1. The number of aliphatic hydroxyl groups is 1. The summed E-state index contributed by atoms with van der Waals surface area (Å²) in [7, 11) is 0. The van der Waals surface area contributed by atoms with Crippen LogP contribution in [0.1, 0.15) is 23.1 Å². The largest absolute Gasteiger partial charge is 0.388 e. The van der Waals surface area contributed by atoms with Crippen molar-refractivity contribution in [2.24, 2.45) is 5.73 Å². The second-order valence-electron chi connectivity index (χ2n) is 3.47. The molecule has 16 heavy (non-hydrogen) atoms. The van der Waals surface area contributed by atoms with E-state index < -0.39 is 23.8 Å². The maximum atomic E-state index is 11.8. The highest BCUT2D eigenvalue weighted by Crippen LogP contribution is 2.21. The summed E-state index contributed by atoms with van der Waals surface area (Å²) in [5.74, 6) is -0.896. The van der Waals surface area contributed by atoms with Gasteiger partial charge in [-0.1, -0.05) is 0 Å². The number of hydrogen-bond acceptors (Lipinski definition) is 5. The van der Waals surface area contributed by atoms with E-state index in [1.165, 1.54) is 12.4 Å². The molecule has 0 aliphatic carbocycles. The highest BCUT2D eigenvalue weighted by atomic mass is 16.5. The van der Waals surface area contributed by atoms with Crippen LogP contribution < -0.4 is 11.3 Å². The first kappa shape index (κ1) is 10.8. The summed E-state index contributed by atoms with van der Waals surface area (Å²) in [4.78, 5) is 26.3. The van der Waals surface area contributed by atoms with Crippen molar-refractivity contribution in [1.29, 1.82) is 0 Å². The van der Waals surface area contributed by atoms with Crippen molar-refractivity contribution in [2.75, 3.05) is 6.61 Å². The molecule has 1 aromatic rings. The van der Waals surface area contributed by atoms with Gasteiger partial charge in [0.2, 0.25) is 0 Å². The molecule has 1 aromatic heterocycles. The van der Waals surface area contributed by atoms with Gasteiger partial charge in [-0.15, -0.1) is 0 Å². The van der Waals surface area contributed by atoms with E-state index in [-0.39, 0.29) is 5.69 Å². The molecule has 86 valence electrons. The maximum absolute atomic E-state index is 11.8. The lowest BCUT2D eigenvalue weighted by molar-refractivity contribution is -0.0113. The third-order valence-electron chi connectivity index (χ3n) is 2.41. The van der Waals surface area contributed by atoms with Crippen LogP contribution in [0.3, 0.4) is 0 Å². The topological polar surface area (TPSA) is 107 Å². The van der Waals surface area contributed by atoms with Crippen LogP contribution in [0.15, 0.2) is 17.2 Å². The third kappa shape index (κ3) is 1.70. The van der Waals surface area contributed by atoms with Gasteiger partial charge < -0.3 is 15.6 Å². The molecular formula is C9H11N3O4. The van der Waals surface area contributed by atoms with Gasteiger partial charge in [0.15, 0.2) is 11.9 Å². The van der Waals surface area contributed by atoms with Crippen LogP contribution in [0.2, 0.25) is 0 Å². The lowest BCUT2D eigenvalue weighted by atomic mass is 10.2. The van der Waals surface area contributed by atoms with Crippen molar-refractivity contribution >= 4 is 5.91 Å². The third-order valence-corrected chi connectivity index (χ3v) is 2.41. The highest BCUT2D eigenvalue weighted by molar-refractivity contribution is 5.90. The molecule has 7 nitrogen and oxygen atoms in total. The summed E-state index contributed by atoms with van der Waals surface area (Å²) in [6.45, 7) is 0.368. The second-order valence-corrected chi connectivity index (χ2v) is 3.47. The van der Waals surface area contributed by atoms with Gasteiger partial charge in [-0.25, -0.2) is 4.98 Å². The molecule has 0 unspecified atom stereocenters. The Balaban J connectivity index is 2.46. The zero-order valence-corrected chi connectivity index (χ0v) is 8.37. The number of ether oxygens (including phenoxy) is 1. The summed E-state index contributed by atoms with van der Waals surface area (Å²) in [5, 5.41) is 9.58. The normalized spacial score (nSPS) is 24.6. The highest BCUT2D eigenvalue weighted by Gasteiger charge is 2.29. The van der Waals surface area contributed by atoms with E-state index in [1.807, 2.05) is 0 Å². The Bertz CT molecular complexity index is 470. The first-order valence-electron chi connectivity index (χ1n) is 4.78. The number of hydrogen-bond donors (Lipinski definition) is 2. The zero-order chi connectivity index (χ0) is 11.7. The van der Waals surface area contributed by atoms with E-state index >= 15 is 0 Å². The lowest BCUT2D eigenvalue weighted by Gasteiger charge is -2.16. The van der Waals surface area contributed by atoms with Gasteiger partial charge in [0.25, 0.3) is 11.5 Å². The van der Waals surface area contributed by atoms with Crippen molar-refractivity contribution in [3.63, 3.8) is 0 Å². The van der Waals surface area contributed by atoms with Gasteiger partial charge in [0.05, 0.1) is 6.61 Å². The van der Waals surface area contributed by atoms with E-state index in [9.17, 15) is 14.7 Å². The predicted molar refractivity (Wildman–Crippen MR) is 52.6 cm³/mol. The first-order valence-corrected chi connectivity index (χ1v) is 4.78. The standard InChI is InChI=1S/C9H11N3O4/c10-7(14)6-8(15)12(3-2-11-6)9-5(13)1-4-16-9/h2-3,5,9,13H,1,4H2,(H2,10,14)/t5-,9-/m1/s1. The Kier molecular flexibility index (Phi) is 2.71. The average molecular weight is 225 g/mol. The summed E-state index contributed by atoms with van der Waals surface area (Å²) in [6, 6.07) is 0. The van der Waals surface area contributed by atoms with Crippen LogP contribution in [0.4, 0.5) is 0 Å². The van der Waals surface area contributed by atoms with Gasteiger partial charge >= 0.3 is 0 Å². The number of rotatable bonds is 2. The Hall–Kier alpha value is -1.73. The van der Waals surface area contributed by atoms with Crippen molar-refractivity contribution in [3.8, 4) is 0 Å². The minimum Gasteiger partial charge on any atom is -0.388 e. The predicted octanol–water partition coefficient (Wildman–Crippen LogP) is -1.38. The van der Waals surface area contributed by atoms with Crippen molar-refractivity contribution in [2.45, 2.75) is 18.8 Å². The Labute approximate surface area is 90.5 Å². The molecule has 0 radical (unpaired) electrons. The number of aliphatic hydroxyl groups excluding tert-OH is 1. The molecule has 1 fully saturated rings. The molecule has 3 N–H and O–H groups in total. The molecule has 1 saturated heterocycles. The van der Waals surface area contributed by atoms with Crippen LogP contribution in [-0.2, 0) is 4.74 Å². The molecule has 1 amide bonds. The van der Waals surface area contributed by atoms with E-state index in [0.29, 0.717) is 13.0 Å². The first-order chi connectivity index (χ1) is 7.61. The van der Waals surface area contributed by atoms with E-state index in [0.717, 1.165) is 4.57 Å².